The van der Waals surface area contributed by atoms with Crippen molar-refractivity contribution in [1.82, 2.24) is 0 Å². The van der Waals surface area contributed by atoms with Crippen LogP contribution in [0.4, 0.5) is 0 Å². The summed E-state index contributed by atoms with van der Waals surface area (Å²) in [5.74, 6) is 0. The van der Waals surface area contributed by atoms with E-state index in [1.807, 2.05) is 0 Å². The molecule has 2 rings (SSSR count). The molecule has 0 spiro atoms. The molecule has 0 aromatic heterocycles. The minimum absolute atomic E-state index is 0.315. The maximum absolute atomic E-state index is 9.87. The predicted octanol–water partition coefficient (Wildman–Crippen LogP) is -4.76. The minimum atomic E-state index is -1.68. The van der Waals surface area contributed by atoms with Gasteiger partial charge < -0.3 is 50.0 Å². The van der Waals surface area contributed by atoms with Crippen molar-refractivity contribution in [1.29, 1.82) is 0 Å². The second-order valence-electron chi connectivity index (χ2n) is 5.08. The summed E-state index contributed by atoms with van der Waals surface area (Å²) in [6, 6.07) is 0. The van der Waals surface area contributed by atoms with Crippen LogP contribution >= 0.6 is 0 Å². The van der Waals surface area contributed by atoms with Crippen LogP contribution in [0.2, 0.25) is 0 Å². The summed E-state index contributed by atoms with van der Waals surface area (Å²) in [6.45, 7) is -0.931. The predicted molar refractivity (Wildman–Crippen MR) is 62.6 cm³/mol. The fourth-order valence-electron chi connectivity index (χ4n) is 2.27. The quantitative estimate of drug-likeness (QED) is 0.268. The van der Waals surface area contributed by atoms with Gasteiger partial charge in [-0.3, -0.25) is 0 Å². The van der Waals surface area contributed by atoms with Crippen molar-refractivity contribution in [3.05, 3.63) is 0 Å². The summed E-state index contributed by atoms with van der Waals surface area (Å²) in [4.78, 5) is 0. The molecule has 10 nitrogen and oxygen atoms in total. The van der Waals surface area contributed by atoms with Gasteiger partial charge in [-0.1, -0.05) is 0 Å². The molecule has 0 amide bonds. The molecule has 2 aliphatic heterocycles. The Morgan fingerprint density at radius 2 is 1.57 bits per heavy atom. The second-order valence-corrected chi connectivity index (χ2v) is 5.08. The number of ether oxygens (including phenoxy) is 3. The monoisotopic (exact) mass is 312 g/mol. The number of aliphatic hydroxyl groups is 7. The zero-order chi connectivity index (χ0) is 15.7. The van der Waals surface area contributed by atoms with Crippen LogP contribution in [-0.4, -0.2) is 104 Å². The highest BCUT2D eigenvalue weighted by Crippen LogP contribution is 2.26. The second kappa shape index (κ2) is 6.79. The number of rotatable bonds is 3. The summed E-state index contributed by atoms with van der Waals surface area (Å²) in [5.41, 5.74) is 0. The largest absolute Gasteiger partial charge is 0.394 e. The molecule has 0 radical (unpaired) electrons. The molecule has 0 aromatic carbocycles. The van der Waals surface area contributed by atoms with E-state index in [1.54, 1.807) is 0 Å². The SMILES string of the molecule is OC[C@H]1O[C@H](O)[C@H](O[C@@H]2OC[C@@H](O)[C@H](O)[C@H]2O)[C@@H](O)[C@H]1O. The zero-order valence-corrected chi connectivity index (χ0v) is 11.0. The number of hydrogen-bond acceptors (Lipinski definition) is 10. The lowest BCUT2D eigenvalue weighted by Crippen LogP contribution is -2.62. The summed E-state index contributed by atoms with van der Waals surface area (Å²) < 4.78 is 15.0. The fraction of sp³-hybridized carbons (Fsp3) is 1.00. The lowest BCUT2D eigenvalue weighted by atomic mass is 9.98. The Morgan fingerprint density at radius 1 is 0.905 bits per heavy atom. The van der Waals surface area contributed by atoms with Crippen LogP contribution in [0, 0.1) is 0 Å². The minimum Gasteiger partial charge on any atom is -0.394 e. The molecule has 21 heavy (non-hydrogen) atoms. The molecule has 9 atom stereocenters. The molecule has 10 heteroatoms. The van der Waals surface area contributed by atoms with Gasteiger partial charge >= 0.3 is 0 Å². The maximum atomic E-state index is 9.87. The molecule has 2 heterocycles. The summed E-state index contributed by atoms with van der Waals surface area (Å²) in [6.07, 6.45) is -13.3. The van der Waals surface area contributed by atoms with Crippen molar-refractivity contribution in [3.8, 4) is 0 Å². The Kier molecular flexibility index (Phi) is 5.48. The molecular formula is C11H20O10. The van der Waals surface area contributed by atoms with Gasteiger partial charge in [0.2, 0.25) is 0 Å². The first kappa shape index (κ1) is 17.0. The van der Waals surface area contributed by atoms with Crippen molar-refractivity contribution in [2.75, 3.05) is 13.2 Å². The van der Waals surface area contributed by atoms with Gasteiger partial charge in [-0.05, 0) is 0 Å². The van der Waals surface area contributed by atoms with E-state index in [9.17, 15) is 30.6 Å². The first-order chi connectivity index (χ1) is 9.86. The molecule has 2 aliphatic rings. The van der Waals surface area contributed by atoms with Gasteiger partial charge in [-0.15, -0.1) is 0 Å². The van der Waals surface area contributed by atoms with Crippen LogP contribution < -0.4 is 0 Å². The van der Waals surface area contributed by atoms with E-state index < -0.39 is 61.9 Å². The molecule has 2 fully saturated rings. The third-order valence-corrected chi connectivity index (χ3v) is 3.59. The van der Waals surface area contributed by atoms with Gasteiger partial charge in [0.05, 0.1) is 13.2 Å². The molecule has 0 bridgehead atoms. The van der Waals surface area contributed by atoms with Gasteiger partial charge in [0.25, 0.3) is 0 Å². The topological polar surface area (TPSA) is 169 Å². The van der Waals surface area contributed by atoms with Gasteiger partial charge in [-0.2, -0.15) is 0 Å². The molecule has 0 aromatic rings. The van der Waals surface area contributed by atoms with Crippen molar-refractivity contribution in [2.45, 2.75) is 55.3 Å². The summed E-state index contributed by atoms with van der Waals surface area (Å²) in [5, 5.41) is 66.7. The maximum Gasteiger partial charge on any atom is 0.186 e. The highest BCUT2D eigenvalue weighted by molar-refractivity contribution is 4.91. The Bertz CT molecular complexity index is 341. The molecular weight excluding hydrogens is 292 g/mol. The highest BCUT2D eigenvalue weighted by atomic mass is 16.7. The average Bonchev–Trinajstić information content (AvgIpc) is 2.47. The smallest absolute Gasteiger partial charge is 0.186 e. The Hall–Kier alpha value is -0.400. The number of hydrogen-bond donors (Lipinski definition) is 7. The number of aliphatic hydroxyl groups excluding tert-OH is 7. The Labute approximate surface area is 119 Å². The Balaban J connectivity index is 2.01. The normalized spacial score (nSPS) is 51.9. The van der Waals surface area contributed by atoms with Crippen LogP contribution in [0.25, 0.3) is 0 Å². The molecule has 0 saturated carbocycles. The van der Waals surface area contributed by atoms with Gasteiger partial charge in [0.15, 0.2) is 12.6 Å². The summed E-state index contributed by atoms with van der Waals surface area (Å²) in [7, 11) is 0. The fourth-order valence-corrected chi connectivity index (χ4v) is 2.27. The lowest BCUT2D eigenvalue weighted by molar-refractivity contribution is -0.349. The molecule has 124 valence electrons. The first-order valence-electron chi connectivity index (χ1n) is 6.48. The van der Waals surface area contributed by atoms with Gasteiger partial charge in [0, 0.05) is 0 Å². The van der Waals surface area contributed by atoms with Crippen LogP contribution in [0.1, 0.15) is 0 Å². The molecule has 7 N–H and O–H groups in total. The lowest BCUT2D eigenvalue weighted by Gasteiger charge is -2.43. The Morgan fingerprint density at radius 3 is 2.19 bits per heavy atom. The first-order valence-corrected chi connectivity index (χ1v) is 6.48. The van der Waals surface area contributed by atoms with Crippen molar-refractivity contribution < 1.29 is 50.0 Å². The van der Waals surface area contributed by atoms with E-state index >= 15 is 0 Å². The van der Waals surface area contributed by atoms with Crippen LogP contribution in [0.3, 0.4) is 0 Å². The molecule has 0 aliphatic carbocycles. The van der Waals surface area contributed by atoms with Crippen molar-refractivity contribution >= 4 is 0 Å². The average molecular weight is 312 g/mol. The van der Waals surface area contributed by atoms with E-state index in [4.69, 9.17) is 19.3 Å². The van der Waals surface area contributed by atoms with E-state index in [0.717, 1.165) is 0 Å². The van der Waals surface area contributed by atoms with Crippen LogP contribution in [0.15, 0.2) is 0 Å². The van der Waals surface area contributed by atoms with E-state index in [0.29, 0.717) is 0 Å². The molecule has 2 saturated heterocycles. The van der Waals surface area contributed by atoms with E-state index in [2.05, 4.69) is 0 Å². The van der Waals surface area contributed by atoms with Gasteiger partial charge in [0.1, 0.15) is 42.7 Å². The zero-order valence-electron chi connectivity index (χ0n) is 11.0. The third-order valence-electron chi connectivity index (χ3n) is 3.59. The van der Waals surface area contributed by atoms with Crippen molar-refractivity contribution in [3.63, 3.8) is 0 Å². The van der Waals surface area contributed by atoms with E-state index in [1.165, 1.54) is 0 Å². The summed E-state index contributed by atoms with van der Waals surface area (Å²) >= 11 is 0. The van der Waals surface area contributed by atoms with Gasteiger partial charge in [-0.25, -0.2) is 0 Å². The van der Waals surface area contributed by atoms with Crippen molar-refractivity contribution in [2.24, 2.45) is 0 Å². The van der Waals surface area contributed by atoms with Crippen LogP contribution in [-0.2, 0) is 14.2 Å². The standard InChI is InChI=1S/C11H20O10/c12-1-4-6(15)7(16)9(10(18)20-4)21-11-8(17)5(14)3(13)2-19-11/h3-18H,1-2H2/t3-,4-,5+,6+,7+,8-,9-,10+,11+/m1/s1. The van der Waals surface area contributed by atoms with E-state index in [-0.39, 0.29) is 6.61 Å². The highest BCUT2D eigenvalue weighted by Gasteiger charge is 2.48. The van der Waals surface area contributed by atoms with Crippen LogP contribution in [0.5, 0.6) is 0 Å². The third kappa shape index (κ3) is 3.35. The molecule has 0 unspecified atom stereocenters.